The molecule has 0 saturated carbocycles. The SMILES string of the molecule is Fc1cccc(/C=N/Nc2nc(N3CCCC3)nc(N3CCCC3)n2)c1. The van der Waals surface area contributed by atoms with Gasteiger partial charge in [-0.1, -0.05) is 12.1 Å². The summed E-state index contributed by atoms with van der Waals surface area (Å²) in [5.74, 6) is 1.52. The molecule has 1 aromatic heterocycles. The topological polar surface area (TPSA) is 69.5 Å². The van der Waals surface area contributed by atoms with Crippen LogP contribution >= 0.6 is 0 Å². The third kappa shape index (κ3) is 3.89. The minimum absolute atomic E-state index is 0.290. The van der Waals surface area contributed by atoms with Gasteiger partial charge >= 0.3 is 0 Å². The van der Waals surface area contributed by atoms with Gasteiger partial charge in [0.05, 0.1) is 6.21 Å². The van der Waals surface area contributed by atoms with Gasteiger partial charge in [-0.15, -0.1) is 0 Å². The third-order valence-electron chi connectivity index (χ3n) is 4.62. The number of anilines is 3. The maximum absolute atomic E-state index is 13.2. The van der Waals surface area contributed by atoms with Crippen LogP contribution in [-0.4, -0.2) is 47.3 Å². The molecule has 0 spiro atoms. The Balaban J connectivity index is 1.55. The number of nitrogens with one attached hydrogen (secondary N) is 1. The molecule has 8 heteroatoms. The van der Waals surface area contributed by atoms with Crippen molar-refractivity contribution in [2.75, 3.05) is 41.4 Å². The molecule has 2 fully saturated rings. The van der Waals surface area contributed by atoms with Gasteiger partial charge in [-0.3, -0.25) is 0 Å². The second kappa shape index (κ2) is 7.63. The number of halogens is 1. The zero-order valence-corrected chi connectivity index (χ0v) is 14.6. The van der Waals surface area contributed by atoms with Crippen molar-refractivity contribution < 1.29 is 4.39 Å². The van der Waals surface area contributed by atoms with Gasteiger partial charge in [0, 0.05) is 26.2 Å². The molecule has 0 aliphatic carbocycles. The summed E-state index contributed by atoms with van der Waals surface area (Å²) in [5.41, 5.74) is 3.54. The molecule has 0 radical (unpaired) electrons. The van der Waals surface area contributed by atoms with Crippen molar-refractivity contribution in [2.45, 2.75) is 25.7 Å². The normalized spacial score (nSPS) is 17.4. The van der Waals surface area contributed by atoms with Crippen molar-refractivity contribution in [1.29, 1.82) is 0 Å². The number of nitrogens with zero attached hydrogens (tertiary/aromatic N) is 6. The van der Waals surface area contributed by atoms with E-state index in [1.165, 1.54) is 12.1 Å². The van der Waals surface area contributed by atoms with E-state index in [1.807, 2.05) is 0 Å². The van der Waals surface area contributed by atoms with E-state index in [9.17, 15) is 4.39 Å². The molecule has 0 atom stereocenters. The zero-order valence-electron chi connectivity index (χ0n) is 14.6. The standard InChI is InChI=1S/C18H22FN7/c19-15-7-5-6-14(12-15)13-20-24-16-21-17(25-8-1-2-9-25)23-18(22-16)26-10-3-4-11-26/h5-7,12-13H,1-4,8-11H2,(H,21,22,23,24)/b20-13+. The van der Waals surface area contributed by atoms with Crippen LogP contribution < -0.4 is 15.2 Å². The van der Waals surface area contributed by atoms with Crippen molar-refractivity contribution in [3.8, 4) is 0 Å². The average Bonchev–Trinajstić information content (AvgIpc) is 3.36. The van der Waals surface area contributed by atoms with Gasteiger partial charge in [0.2, 0.25) is 17.8 Å². The van der Waals surface area contributed by atoms with Gasteiger partial charge in [0.1, 0.15) is 5.82 Å². The summed E-state index contributed by atoms with van der Waals surface area (Å²) in [5, 5.41) is 4.16. The van der Waals surface area contributed by atoms with E-state index >= 15 is 0 Å². The molecule has 1 aromatic carbocycles. The van der Waals surface area contributed by atoms with Crippen LogP contribution in [0.15, 0.2) is 29.4 Å². The smallest absolute Gasteiger partial charge is 0.250 e. The van der Waals surface area contributed by atoms with Crippen LogP contribution in [0.5, 0.6) is 0 Å². The van der Waals surface area contributed by atoms with Gasteiger partial charge in [-0.2, -0.15) is 20.1 Å². The van der Waals surface area contributed by atoms with E-state index in [0.29, 0.717) is 23.4 Å². The fourth-order valence-corrected chi connectivity index (χ4v) is 3.27. The molecule has 3 heterocycles. The summed E-state index contributed by atoms with van der Waals surface area (Å²) in [6.45, 7) is 3.87. The molecule has 0 unspecified atom stereocenters. The minimum Gasteiger partial charge on any atom is -0.341 e. The van der Waals surface area contributed by atoms with Crippen LogP contribution in [-0.2, 0) is 0 Å². The van der Waals surface area contributed by atoms with Crippen molar-refractivity contribution in [1.82, 2.24) is 15.0 Å². The first-order valence-electron chi connectivity index (χ1n) is 9.08. The molecular weight excluding hydrogens is 333 g/mol. The summed E-state index contributed by atoms with van der Waals surface area (Å²) in [6, 6.07) is 6.26. The van der Waals surface area contributed by atoms with E-state index in [-0.39, 0.29) is 5.82 Å². The fourth-order valence-electron chi connectivity index (χ4n) is 3.27. The largest absolute Gasteiger partial charge is 0.341 e. The first-order chi connectivity index (χ1) is 12.8. The summed E-state index contributed by atoms with van der Waals surface area (Å²) in [6.07, 6.45) is 6.19. The maximum Gasteiger partial charge on any atom is 0.250 e. The van der Waals surface area contributed by atoms with Crippen molar-refractivity contribution in [2.24, 2.45) is 5.10 Å². The van der Waals surface area contributed by atoms with Crippen LogP contribution in [0, 0.1) is 5.82 Å². The molecule has 2 saturated heterocycles. The number of aromatic nitrogens is 3. The summed E-state index contributed by atoms with van der Waals surface area (Å²) in [4.78, 5) is 18.1. The molecular formula is C18H22FN7. The number of rotatable bonds is 5. The fraction of sp³-hybridized carbons (Fsp3) is 0.444. The Labute approximate surface area is 152 Å². The Kier molecular flexibility index (Phi) is 4.90. The molecule has 1 N–H and O–H groups in total. The molecule has 7 nitrogen and oxygen atoms in total. The predicted octanol–water partition coefficient (Wildman–Crippen LogP) is 2.66. The van der Waals surface area contributed by atoms with E-state index in [2.05, 4.69) is 35.3 Å². The van der Waals surface area contributed by atoms with Gasteiger partial charge < -0.3 is 9.80 Å². The van der Waals surface area contributed by atoms with Crippen molar-refractivity contribution in [3.05, 3.63) is 35.6 Å². The second-order valence-electron chi connectivity index (χ2n) is 6.57. The highest BCUT2D eigenvalue weighted by Gasteiger charge is 2.21. The molecule has 4 rings (SSSR count). The Morgan fingerprint density at radius 2 is 1.54 bits per heavy atom. The maximum atomic E-state index is 13.2. The third-order valence-corrected chi connectivity index (χ3v) is 4.62. The van der Waals surface area contributed by atoms with Crippen molar-refractivity contribution in [3.63, 3.8) is 0 Å². The predicted molar refractivity (Wildman–Crippen MR) is 100 cm³/mol. The van der Waals surface area contributed by atoms with E-state index in [1.54, 1.807) is 18.3 Å². The summed E-state index contributed by atoms with van der Waals surface area (Å²) < 4.78 is 13.2. The lowest BCUT2D eigenvalue weighted by Crippen LogP contribution is -2.25. The highest BCUT2D eigenvalue weighted by atomic mass is 19.1. The highest BCUT2D eigenvalue weighted by Crippen LogP contribution is 2.22. The lowest BCUT2D eigenvalue weighted by atomic mass is 10.2. The molecule has 136 valence electrons. The number of benzene rings is 1. The van der Waals surface area contributed by atoms with Crippen LogP contribution in [0.2, 0.25) is 0 Å². The zero-order chi connectivity index (χ0) is 17.8. The molecule has 26 heavy (non-hydrogen) atoms. The molecule has 0 amide bonds. The van der Waals surface area contributed by atoms with E-state index < -0.39 is 0 Å². The van der Waals surface area contributed by atoms with E-state index in [0.717, 1.165) is 51.9 Å². The molecule has 0 bridgehead atoms. The van der Waals surface area contributed by atoms with Gasteiger partial charge in [-0.05, 0) is 43.4 Å². The quantitative estimate of drug-likeness (QED) is 0.657. The first-order valence-corrected chi connectivity index (χ1v) is 9.08. The first kappa shape index (κ1) is 16.7. The van der Waals surface area contributed by atoms with Crippen LogP contribution in [0.4, 0.5) is 22.2 Å². The van der Waals surface area contributed by atoms with Crippen LogP contribution in [0.3, 0.4) is 0 Å². The number of hydrogen-bond acceptors (Lipinski definition) is 7. The minimum atomic E-state index is -0.290. The lowest BCUT2D eigenvalue weighted by Gasteiger charge is -2.20. The number of hydrazone groups is 1. The monoisotopic (exact) mass is 355 g/mol. The second-order valence-corrected chi connectivity index (χ2v) is 6.57. The number of hydrogen-bond donors (Lipinski definition) is 1. The summed E-state index contributed by atoms with van der Waals surface area (Å²) >= 11 is 0. The van der Waals surface area contributed by atoms with Crippen LogP contribution in [0.25, 0.3) is 0 Å². The molecule has 2 aliphatic heterocycles. The summed E-state index contributed by atoms with van der Waals surface area (Å²) in [7, 11) is 0. The Morgan fingerprint density at radius 3 is 2.12 bits per heavy atom. The molecule has 2 aromatic rings. The van der Waals surface area contributed by atoms with Gasteiger partial charge in [0.25, 0.3) is 0 Å². The van der Waals surface area contributed by atoms with Crippen LogP contribution in [0.1, 0.15) is 31.2 Å². The molecule has 2 aliphatic rings. The van der Waals surface area contributed by atoms with Crippen molar-refractivity contribution >= 4 is 24.1 Å². The van der Waals surface area contributed by atoms with Gasteiger partial charge in [-0.25, -0.2) is 9.82 Å². The highest BCUT2D eigenvalue weighted by molar-refractivity contribution is 5.79. The Hall–Kier alpha value is -2.77. The van der Waals surface area contributed by atoms with Gasteiger partial charge in [0.15, 0.2) is 0 Å². The average molecular weight is 355 g/mol. The van der Waals surface area contributed by atoms with E-state index in [4.69, 9.17) is 0 Å². The Bertz CT molecular complexity index is 749. The lowest BCUT2D eigenvalue weighted by molar-refractivity contribution is 0.627. The Morgan fingerprint density at radius 1 is 0.923 bits per heavy atom.